The molecule has 10 rings (SSSR count). The molecule has 2 heterocycles. The van der Waals surface area contributed by atoms with E-state index in [4.69, 9.17) is 4.11 Å². The fourth-order valence-corrected chi connectivity index (χ4v) is 10.7. The molecular weight excluding hydrogens is 759 g/mol. The van der Waals surface area contributed by atoms with Crippen molar-refractivity contribution in [3.05, 3.63) is 173 Å². The van der Waals surface area contributed by atoms with Gasteiger partial charge < -0.3 is 9.80 Å². The lowest BCUT2D eigenvalue weighted by Gasteiger charge is -2.48. The Morgan fingerprint density at radius 1 is 0.492 bits per heavy atom. The van der Waals surface area contributed by atoms with Gasteiger partial charge in [0.25, 0.3) is 6.71 Å². The van der Waals surface area contributed by atoms with Crippen molar-refractivity contribution in [2.24, 2.45) is 0 Å². The van der Waals surface area contributed by atoms with E-state index in [0.717, 1.165) is 80.2 Å². The molecule has 2 aliphatic heterocycles. The second-order valence-corrected chi connectivity index (χ2v) is 22.0. The second-order valence-electron chi connectivity index (χ2n) is 22.0. The van der Waals surface area contributed by atoms with Crippen molar-refractivity contribution in [1.82, 2.24) is 0 Å². The summed E-state index contributed by atoms with van der Waals surface area (Å²) in [7, 11) is 0. The summed E-state index contributed by atoms with van der Waals surface area (Å²) in [6, 6.07) is 51.2. The monoisotopic (exact) mass is 826 g/mol. The van der Waals surface area contributed by atoms with Crippen LogP contribution in [-0.2, 0) is 21.7 Å². The average Bonchev–Trinajstić information content (AvgIpc) is 3.27. The van der Waals surface area contributed by atoms with Crippen LogP contribution in [0.5, 0.6) is 0 Å². The first-order chi connectivity index (χ1) is 31.0. The number of rotatable bonds is 4. The molecule has 0 aromatic heterocycles. The van der Waals surface area contributed by atoms with Crippen LogP contribution in [0.2, 0.25) is 0 Å². The number of aryl methyl sites for hydroxylation is 2. The number of nitrogens with zero attached hydrogens (tertiary/aromatic N) is 2. The molecule has 0 unspecified atom stereocenters. The van der Waals surface area contributed by atoms with E-state index < -0.39 is 6.85 Å². The Morgan fingerprint density at radius 2 is 1.05 bits per heavy atom. The van der Waals surface area contributed by atoms with Crippen LogP contribution in [0.15, 0.2) is 140 Å². The molecule has 0 bridgehead atoms. The predicted molar refractivity (Wildman–Crippen MR) is 273 cm³/mol. The van der Waals surface area contributed by atoms with E-state index in [0.29, 0.717) is 5.56 Å². The molecule has 0 radical (unpaired) electrons. The Morgan fingerprint density at radius 3 is 1.67 bits per heavy atom. The summed E-state index contributed by atoms with van der Waals surface area (Å²) >= 11 is 0. The van der Waals surface area contributed by atoms with Gasteiger partial charge in [0.05, 0.1) is 5.69 Å². The zero-order valence-electron chi connectivity index (χ0n) is 42.2. The van der Waals surface area contributed by atoms with Gasteiger partial charge in [-0.25, -0.2) is 0 Å². The number of hydrogen-bond donors (Lipinski definition) is 0. The number of anilines is 6. The largest absolute Gasteiger partial charge is 0.311 e. The van der Waals surface area contributed by atoms with E-state index in [-0.39, 0.29) is 28.4 Å². The van der Waals surface area contributed by atoms with E-state index >= 15 is 0 Å². The quantitative estimate of drug-likeness (QED) is 0.163. The molecule has 0 saturated heterocycles. The lowest BCUT2D eigenvalue weighted by molar-refractivity contribution is 0.332. The maximum atomic E-state index is 9.16. The molecule has 1 aliphatic carbocycles. The molecule has 2 nitrogen and oxygen atoms in total. The fourth-order valence-electron chi connectivity index (χ4n) is 10.7. The second kappa shape index (κ2) is 14.4. The van der Waals surface area contributed by atoms with Crippen LogP contribution in [-0.4, -0.2) is 6.71 Å². The van der Waals surface area contributed by atoms with Gasteiger partial charge in [-0.1, -0.05) is 166 Å². The van der Waals surface area contributed by atoms with Gasteiger partial charge in [0.15, 0.2) is 0 Å². The van der Waals surface area contributed by atoms with Crippen LogP contribution in [0.1, 0.15) is 120 Å². The molecule has 0 amide bonds. The van der Waals surface area contributed by atoms with Crippen molar-refractivity contribution in [2.45, 2.75) is 118 Å². The van der Waals surface area contributed by atoms with Crippen molar-refractivity contribution < 1.29 is 4.11 Å². The standard InChI is InChI=1S/C60H63BN2/c1-38-31-54-56-55(32-38)63(51-33-42(24-23-39(51)2)40-19-15-13-16-20-40)52-35-44(58(6,7)8)25-27-48(52)61(56)49-36-46-47(60(11,12)30-29-59(46,9)10)37-53(49)62(54)50-28-26-43(57(3,4)5)34-45(50)41-21-17-14-18-22-41/h13-28,31-37H,29-30H2,1-12H3/i1D3. The Kier molecular flexibility index (Phi) is 8.60. The highest BCUT2D eigenvalue weighted by molar-refractivity contribution is 7.00. The zero-order chi connectivity index (χ0) is 46.9. The first kappa shape index (κ1) is 37.7. The minimum Gasteiger partial charge on any atom is -0.311 e. The summed E-state index contributed by atoms with van der Waals surface area (Å²) in [4.78, 5) is 4.86. The fraction of sp³-hybridized carbons (Fsp3) is 0.300. The summed E-state index contributed by atoms with van der Waals surface area (Å²) in [6.07, 6.45) is 2.19. The van der Waals surface area contributed by atoms with Gasteiger partial charge in [0.2, 0.25) is 0 Å². The van der Waals surface area contributed by atoms with E-state index in [1.54, 1.807) is 0 Å². The Bertz CT molecular complexity index is 3060. The number of hydrogen-bond acceptors (Lipinski definition) is 2. The SMILES string of the molecule is [2H]C([2H])([2H])c1cc2c3c(c1)N(c1ccc(C(C)(C)C)cc1-c1ccccc1)c1cc4c(cc1B3c1ccc(C(C)(C)C)cc1N2c1cc(-c2ccccc2)ccc1C)C(C)(C)CCC4(C)C. The molecule has 316 valence electrons. The normalized spacial score (nSPS) is 16.9. The zero-order valence-corrected chi connectivity index (χ0v) is 39.2. The van der Waals surface area contributed by atoms with Crippen LogP contribution in [0.25, 0.3) is 22.3 Å². The number of benzene rings is 7. The highest BCUT2D eigenvalue weighted by atomic mass is 15.2. The molecule has 0 fully saturated rings. The highest BCUT2D eigenvalue weighted by Crippen LogP contribution is 2.52. The summed E-state index contributed by atoms with van der Waals surface area (Å²) in [5, 5.41) is 0. The lowest BCUT2D eigenvalue weighted by Crippen LogP contribution is -2.62. The van der Waals surface area contributed by atoms with E-state index in [2.05, 4.69) is 213 Å². The van der Waals surface area contributed by atoms with Gasteiger partial charge in [0.1, 0.15) is 0 Å². The summed E-state index contributed by atoms with van der Waals surface area (Å²) in [5.74, 6) is 0. The van der Waals surface area contributed by atoms with E-state index in [9.17, 15) is 0 Å². The van der Waals surface area contributed by atoms with Crippen molar-refractivity contribution in [3.8, 4) is 22.3 Å². The molecule has 7 aromatic rings. The van der Waals surface area contributed by atoms with Gasteiger partial charge in [-0.2, -0.15) is 0 Å². The lowest BCUT2D eigenvalue weighted by atomic mass is 9.33. The number of fused-ring (bicyclic) bond motifs is 5. The van der Waals surface area contributed by atoms with Gasteiger partial charge in [-0.15, -0.1) is 0 Å². The highest BCUT2D eigenvalue weighted by Gasteiger charge is 2.47. The summed E-state index contributed by atoms with van der Waals surface area (Å²) in [6.45, 7) is 22.9. The van der Waals surface area contributed by atoms with E-state index in [1.807, 2.05) is 12.1 Å². The molecule has 0 atom stereocenters. The maximum Gasteiger partial charge on any atom is 0.252 e. The first-order valence-electron chi connectivity index (χ1n) is 24.5. The molecule has 3 aliphatic rings. The smallest absolute Gasteiger partial charge is 0.252 e. The summed E-state index contributed by atoms with van der Waals surface area (Å²) < 4.78 is 27.5. The predicted octanol–water partition coefficient (Wildman–Crippen LogP) is 14.7. The minimum atomic E-state index is -2.38. The third-order valence-electron chi connectivity index (χ3n) is 14.7. The summed E-state index contributed by atoms with van der Waals surface area (Å²) in [5.41, 5.74) is 20.6. The molecule has 3 heteroatoms. The van der Waals surface area contributed by atoms with Crippen LogP contribution in [0, 0.1) is 13.8 Å². The molecule has 0 spiro atoms. The van der Waals surface area contributed by atoms with Crippen LogP contribution in [0.3, 0.4) is 0 Å². The van der Waals surface area contributed by atoms with Crippen molar-refractivity contribution in [1.29, 1.82) is 0 Å². The average molecular weight is 826 g/mol. The van der Waals surface area contributed by atoms with Gasteiger partial charge in [-0.3, -0.25) is 0 Å². The maximum absolute atomic E-state index is 9.16. The molecular formula is C60H63BN2. The van der Waals surface area contributed by atoms with Crippen molar-refractivity contribution >= 4 is 57.2 Å². The first-order valence-corrected chi connectivity index (χ1v) is 23.0. The van der Waals surface area contributed by atoms with Gasteiger partial charge in [0, 0.05) is 38.1 Å². The Labute approximate surface area is 382 Å². The van der Waals surface area contributed by atoms with Gasteiger partial charge in [-0.05, 0) is 157 Å². The molecule has 7 aromatic carbocycles. The molecule has 0 N–H and O–H groups in total. The van der Waals surface area contributed by atoms with Crippen molar-refractivity contribution in [2.75, 3.05) is 9.80 Å². The van der Waals surface area contributed by atoms with Crippen LogP contribution < -0.4 is 26.2 Å². The van der Waals surface area contributed by atoms with Crippen LogP contribution >= 0.6 is 0 Å². The Hall–Kier alpha value is -5.80. The van der Waals surface area contributed by atoms with Crippen molar-refractivity contribution in [3.63, 3.8) is 0 Å². The topological polar surface area (TPSA) is 6.48 Å². The molecule has 63 heavy (non-hydrogen) atoms. The minimum absolute atomic E-state index is 0.0306. The van der Waals surface area contributed by atoms with E-state index in [1.165, 1.54) is 33.2 Å². The van der Waals surface area contributed by atoms with Crippen LogP contribution in [0.4, 0.5) is 34.1 Å². The van der Waals surface area contributed by atoms with Gasteiger partial charge >= 0.3 is 0 Å². The third-order valence-corrected chi connectivity index (χ3v) is 14.7. The molecule has 0 saturated carbocycles. The third kappa shape index (κ3) is 6.77. The Balaban J connectivity index is 1.38.